The zero-order valence-corrected chi connectivity index (χ0v) is 14.0. The standard InChI is InChI=1S/C19H18F2N4/c1-3-5-15(23-4-2)19-16-9-6-12(10-25(16)11-24-19)17-13(20)7-8-14(22)18(17)21/h3,5-11H,4,22H2,1-2H3/b5-3-,23-15?. The minimum absolute atomic E-state index is 0.0896. The van der Waals surface area contributed by atoms with Crippen LogP contribution in [-0.2, 0) is 0 Å². The number of hydrogen-bond donors (Lipinski definition) is 1. The summed E-state index contributed by atoms with van der Waals surface area (Å²) in [5, 5.41) is 0. The maximum atomic E-state index is 14.3. The number of nitrogens with two attached hydrogens (primary N) is 1. The van der Waals surface area contributed by atoms with Crippen molar-refractivity contribution in [2.24, 2.45) is 4.99 Å². The van der Waals surface area contributed by atoms with Crippen molar-refractivity contribution < 1.29 is 8.78 Å². The molecule has 0 aliphatic rings. The van der Waals surface area contributed by atoms with Crippen molar-refractivity contribution in [1.82, 2.24) is 9.38 Å². The second-order valence-corrected chi connectivity index (χ2v) is 5.49. The van der Waals surface area contributed by atoms with Crippen molar-refractivity contribution >= 4 is 16.9 Å². The Morgan fingerprint density at radius 3 is 2.80 bits per heavy atom. The number of rotatable bonds is 4. The first-order valence-electron chi connectivity index (χ1n) is 7.94. The van der Waals surface area contributed by atoms with Crippen molar-refractivity contribution in [1.29, 1.82) is 0 Å². The number of halogens is 2. The van der Waals surface area contributed by atoms with Gasteiger partial charge in [-0.1, -0.05) is 12.1 Å². The number of anilines is 1. The molecule has 0 spiro atoms. The van der Waals surface area contributed by atoms with E-state index in [0.717, 1.165) is 23.0 Å². The van der Waals surface area contributed by atoms with E-state index in [-0.39, 0.29) is 11.3 Å². The van der Waals surface area contributed by atoms with Crippen LogP contribution in [0.5, 0.6) is 0 Å². The molecule has 2 heterocycles. The molecule has 0 radical (unpaired) electrons. The normalized spacial score (nSPS) is 12.4. The molecule has 128 valence electrons. The van der Waals surface area contributed by atoms with Gasteiger partial charge in [0.15, 0.2) is 5.82 Å². The zero-order valence-electron chi connectivity index (χ0n) is 14.0. The van der Waals surface area contributed by atoms with Gasteiger partial charge in [-0.15, -0.1) is 0 Å². The number of pyridine rings is 1. The fourth-order valence-electron chi connectivity index (χ4n) is 2.71. The molecule has 2 aromatic heterocycles. The number of fused-ring (bicyclic) bond motifs is 1. The Morgan fingerprint density at radius 2 is 2.08 bits per heavy atom. The zero-order chi connectivity index (χ0) is 18.0. The molecule has 3 aromatic rings. The Labute approximate surface area is 144 Å². The van der Waals surface area contributed by atoms with Crippen LogP contribution in [0.4, 0.5) is 14.5 Å². The number of hydrogen-bond acceptors (Lipinski definition) is 3. The van der Waals surface area contributed by atoms with Crippen LogP contribution >= 0.6 is 0 Å². The van der Waals surface area contributed by atoms with Crippen molar-refractivity contribution in [3.8, 4) is 11.1 Å². The van der Waals surface area contributed by atoms with E-state index in [2.05, 4.69) is 9.98 Å². The van der Waals surface area contributed by atoms with Gasteiger partial charge in [0, 0.05) is 18.3 Å². The average molecular weight is 340 g/mol. The van der Waals surface area contributed by atoms with Gasteiger partial charge in [0.05, 0.1) is 22.5 Å². The number of aliphatic imine (C=N–C) groups is 1. The Balaban J connectivity index is 2.16. The lowest BCUT2D eigenvalue weighted by Gasteiger charge is -2.08. The lowest BCUT2D eigenvalue weighted by Crippen LogP contribution is -2.00. The first-order valence-corrected chi connectivity index (χ1v) is 7.94. The van der Waals surface area contributed by atoms with Crippen molar-refractivity contribution in [2.75, 3.05) is 12.3 Å². The molecule has 0 unspecified atom stereocenters. The second kappa shape index (κ2) is 6.84. The summed E-state index contributed by atoms with van der Waals surface area (Å²) < 4.78 is 30.1. The molecule has 0 aliphatic heterocycles. The van der Waals surface area contributed by atoms with E-state index in [1.54, 1.807) is 29.1 Å². The summed E-state index contributed by atoms with van der Waals surface area (Å²) in [6.45, 7) is 4.49. The molecule has 0 aliphatic carbocycles. The van der Waals surface area contributed by atoms with Crippen LogP contribution in [0.25, 0.3) is 16.6 Å². The van der Waals surface area contributed by atoms with E-state index >= 15 is 0 Å². The van der Waals surface area contributed by atoms with E-state index in [4.69, 9.17) is 5.73 Å². The van der Waals surface area contributed by atoms with Gasteiger partial charge in [-0.25, -0.2) is 13.8 Å². The summed E-state index contributed by atoms with van der Waals surface area (Å²) in [5.74, 6) is -1.42. The summed E-state index contributed by atoms with van der Waals surface area (Å²) in [6.07, 6.45) is 7.01. The highest BCUT2D eigenvalue weighted by molar-refractivity contribution is 6.11. The minimum atomic E-state index is -0.762. The van der Waals surface area contributed by atoms with Gasteiger partial charge < -0.3 is 10.1 Å². The SMILES string of the molecule is C/C=C\C(=NCC)c1ncn2cc(-c3c(F)ccc(N)c3F)ccc12. The molecular weight excluding hydrogens is 322 g/mol. The Hall–Kier alpha value is -3.02. The Bertz CT molecular complexity index is 986. The van der Waals surface area contributed by atoms with Gasteiger partial charge in [0.1, 0.15) is 17.8 Å². The lowest BCUT2D eigenvalue weighted by atomic mass is 10.0. The molecule has 0 fully saturated rings. The van der Waals surface area contributed by atoms with E-state index < -0.39 is 11.6 Å². The highest BCUT2D eigenvalue weighted by atomic mass is 19.1. The largest absolute Gasteiger partial charge is 0.396 e. The van der Waals surface area contributed by atoms with Gasteiger partial charge in [-0.05, 0) is 38.1 Å². The molecule has 0 bridgehead atoms. The summed E-state index contributed by atoms with van der Waals surface area (Å²) in [5.41, 5.74) is 8.01. The van der Waals surface area contributed by atoms with E-state index in [0.29, 0.717) is 12.1 Å². The molecule has 0 saturated carbocycles. The summed E-state index contributed by atoms with van der Waals surface area (Å²) in [7, 11) is 0. The van der Waals surface area contributed by atoms with Crippen LogP contribution in [-0.4, -0.2) is 21.6 Å². The number of nitrogens with zero attached hydrogens (tertiary/aromatic N) is 3. The number of aromatic nitrogens is 2. The number of allylic oxidation sites excluding steroid dienone is 2. The van der Waals surface area contributed by atoms with Crippen LogP contribution in [0.15, 0.2) is 53.9 Å². The molecule has 0 atom stereocenters. The number of benzene rings is 1. The van der Waals surface area contributed by atoms with Crippen LogP contribution < -0.4 is 5.73 Å². The summed E-state index contributed by atoms with van der Waals surface area (Å²) >= 11 is 0. The van der Waals surface area contributed by atoms with Crippen molar-refractivity contribution in [3.05, 3.63) is 66.3 Å². The lowest BCUT2D eigenvalue weighted by molar-refractivity contribution is 0.592. The number of nitrogen functional groups attached to an aromatic ring is 1. The fraction of sp³-hybridized carbons (Fsp3) is 0.158. The van der Waals surface area contributed by atoms with E-state index in [1.807, 2.05) is 26.0 Å². The van der Waals surface area contributed by atoms with Crippen LogP contribution in [0.3, 0.4) is 0 Å². The topological polar surface area (TPSA) is 55.7 Å². The maximum Gasteiger partial charge on any atom is 0.156 e. The number of imidazole rings is 1. The van der Waals surface area contributed by atoms with Gasteiger partial charge >= 0.3 is 0 Å². The maximum absolute atomic E-state index is 14.3. The highest BCUT2D eigenvalue weighted by Gasteiger charge is 2.16. The molecule has 25 heavy (non-hydrogen) atoms. The molecule has 0 saturated heterocycles. The van der Waals surface area contributed by atoms with Gasteiger partial charge in [-0.2, -0.15) is 0 Å². The van der Waals surface area contributed by atoms with Crippen molar-refractivity contribution in [3.63, 3.8) is 0 Å². The fourth-order valence-corrected chi connectivity index (χ4v) is 2.71. The third-order valence-electron chi connectivity index (χ3n) is 3.84. The molecule has 6 heteroatoms. The smallest absolute Gasteiger partial charge is 0.156 e. The van der Waals surface area contributed by atoms with Gasteiger partial charge in [-0.3, -0.25) is 4.99 Å². The summed E-state index contributed by atoms with van der Waals surface area (Å²) in [6, 6.07) is 5.80. The monoisotopic (exact) mass is 340 g/mol. The second-order valence-electron chi connectivity index (χ2n) is 5.49. The molecule has 0 amide bonds. The predicted molar refractivity (Wildman–Crippen MR) is 96.8 cm³/mol. The van der Waals surface area contributed by atoms with Crippen LogP contribution in [0, 0.1) is 11.6 Å². The quantitative estimate of drug-likeness (QED) is 0.570. The molecule has 1 aromatic carbocycles. The first kappa shape index (κ1) is 16.8. The minimum Gasteiger partial charge on any atom is -0.396 e. The summed E-state index contributed by atoms with van der Waals surface area (Å²) in [4.78, 5) is 8.84. The van der Waals surface area contributed by atoms with Crippen LogP contribution in [0.1, 0.15) is 19.5 Å². The molecule has 3 rings (SSSR count). The predicted octanol–water partition coefficient (Wildman–Crippen LogP) is 4.25. The van der Waals surface area contributed by atoms with Gasteiger partial charge in [0.2, 0.25) is 0 Å². The average Bonchev–Trinajstić information content (AvgIpc) is 3.01. The third kappa shape index (κ3) is 3.03. The van der Waals surface area contributed by atoms with Gasteiger partial charge in [0.25, 0.3) is 0 Å². The van der Waals surface area contributed by atoms with Crippen molar-refractivity contribution in [2.45, 2.75) is 13.8 Å². The Kier molecular flexibility index (Phi) is 4.61. The Morgan fingerprint density at radius 1 is 1.28 bits per heavy atom. The third-order valence-corrected chi connectivity index (χ3v) is 3.84. The molecule has 4 nitrogen and oxygen atoms in total. The molecular formula is C19H18F2N4. The van der Waals surface area contributed by atoms with E-state index in [1.165, 1.54) is 6.07 Å². The van der Waals surface area contributed by atoms with Crippen LogP contribution in [0.2, 0.25) is 0 Å². The van der Waals surface area contributed by atoms with E-state index in [9.17, 15) is 8.78 Å². The highest BCUT2D eigenvalue weighted by Crippen LogP contribution is 2.30. The first-order chi connectivity index (χ1) is 12.1. The molecule has 2 N–H and O–H groups in total.